The summed E-state index contributed by atoms with van der Waals surface area (Å²) in [6.45, 7) is 0. The number of ether oxygens (including phenoxy) is 1. The summed E-state index contributed by atoms with van der Waals surface area (Å²) in [7, 11) is 1.86. The molecule has 86 valence electrons. The number of benzene rings is 2. The Kier molecular flexibility index (Phi) is 2.46. The Bertz CT molecular complexity index is 572. The lowest BCUT2D eigenvalue weighted by atomic mass is 10.0. The van der Waals surface area contributed by atoms with E-state index in [1.54, 1.807) is 6.26 Å². The molecule has 0 aliphatic carbocycles. The van der Waals surface area contributed by atoms with Crippen LogP contribution in [-0.2, 0) is 4.74 Å². The molecule has 17 heavy (non-hydrogen) atoms. The number of hydrogen-bond donors (Lipinski definition) is 2. The van der Waals surface area contributed by atoms with Gasteiger partial charge in [0.1, 0.15) is 6.26 Å². The summed E-state index contributed by atoms with van der Waals surface area (Å²) < 4.78 is 5.43. The second kappa shape index (κ2) is 4.11. The van der Waals surface area contributed by atoms with Crippen molar-refractivity contribution in [2.45, 2.75) is 6.35 Å². The van der Waals surface area contributed by atoms with Crippen molar-refractivity contribution in [2.24, 2.45) is 0 Å². The maximum absolute atomic E-state index is 5.43. The Hall–Kier alpha value is -2.00. The Morgan fingerprint density at radius 3 is 2.76 bits per heavy atom. The molecule has 1 atom stereocenters. The highest BCUT2D eigenvalue weighted by atomic mass is 16.5. The number of nitrogens with one attached hydrogen (secondary N) is 2. The molecule has 0 aromatic heterocycles. The van der Waals surface area contributed by atoms with Crippen molar-refractivity contribution in [3.05, 3.63) is 54.3 Å². The molecule has 1 heterocycles. The standard InChI is InChI=1S/C14H14N2O/c1-15-14-16-13(9-17-14)12-8-4-6-10-5-2-3-7-11(10)12/h2-9,14-16H,1H3. The van der Waals surface area contributed by atoms with Crippen LogP contribution in [0.25, 0.3) is 16.5 Å². The van der Waals surface area contributed by atoms with Gasteiger partial charge in [-0.25, -0.2) is 0 Å². The van der Waals surface area contributed by atoms with E-state index in [1.807, 2.05) is 7.05 Å². The molecule has 2 aromatic carbocycles. The highest BCUT2D eigenvalue weighted by Crippen LogP contribution is 2.25. The van der Waals surface area contributed by atoms with Gasteiger partial charge in [-0.1, -0.05) is 42.5 Å². The Morgan fingerprint density at radius 1 is 1.12 bits per heavy atom. The van der Waals surface area contributed by atoms with Gasteiger partial charge in [0.2, 0.25) is 6.35 Å². The van der Waals surface area contributed by atoms with Gasteiger partial charge in [0, 0.05) is 5.56 Å². The van der Waals surface area contributed by atoms with E-state index in [1.165, 1.54) is 16.3 Å². The fourth-order valence-corrected chi connectivity index (χ4v) is 2.09. The fourth-order valence-electron chi connectivity index (χ4n) is 2.09. The molecule has 0 spiro atoms. The van der Waals surface area contributed by atoms with Crippen LogP contribution in [0, 0.1) is 0 Å². The summed E-state index contributed by atoms with van der Waals surface area (Å²) in [6.07, 6.45) is 1.63. The van der Waals surface area contributed by atoms with Crippen LogP contribution in [0.1, 0.15) is 5.56 Å². The van der Waals surface area contributed by atoms with Crippen molar-refractivity contribution in [3.8, 4) is 0 Å². The lowest BCUT2D eigenvalue weighted by Crippen LogP contribution is -2.36. The first-order valence-corrected chi connectivity index (χ1v) is 5.66. The Balaban J connectivity index is 2.07. The van der Waals surface area contributed by atoms with E-state index >= 15 is 0 Å². The van der Waals surface area contributed by atoms with Gasteiger partial charge in [-0.15, -0.1) is 0 Å². The predicted molar refractivity (Wildman–Crippen MR) is 69.0 cm³/mol. The van der Waals surface area contributed by atoms with Gasteiger partial charge in [0.25, 0.3) is 0 Å². The second-order valence-electron chi connectivity index (χ2n) is 4.01. The molecule has 3 nitrogen and oxygen atoms in total. The topological polar surface area (TPSA) is 33.3 Å². The number of rotatable bonds is 2. The maximum atomic E-state index is 5.43. The molecule has 3 rings (SSSR count). The van der Waals surface area contributed by atoms with E-state index in [0.717, 1.165) is 5.70 Å². The second-order valence-corrected chi connectivity index (χ2v) is 4.01. The maximum Gasteiger partial charge on any atom is 0.226 e. The average molecular weight is 226 g/mol. The van der Waals surface area contributed by atoms with Crippen LogP contribution < -0.4 is 10.6 Å². The van der Waals surface area contributed by atoms with Crippen molar-refractivity contribution in [1.82, 2.24) is 10.6 Å². The molecule has 3 heteroatoms. The fraction of sp³-hybridized carbons (Fsp3) is 0.143. The van der Waals surface area contributed by atoms with E-state index in [9.17, 15) is 0 Å². The van der Waals surface area contributed by atoms with Crippen molar-refractivity contribution in [3.63, 3.8) is 0 Å². The van der Waals surface area contributed by atoms with Crippen molar-refractivity contribution < 1.29 is 4.74 Å². The first-order chi connectivity index (χ1) is 8.38. The van der Waals surface area contributed by atoms with Gasteiger partial charge in [0.15, 0.2) is 0 Å². The molecule has 2 N–H and O–H groups in total. The molecule has 0 fully saturated rings. The van der Waals surface area contributed by atoms with E-state index in [0.29, 0.717) is 0 Å². The highest BCUT2D eigenvalue weighted by Gasteiger charge is 2.17. The smallest absolute Gasteiger partial charge is 0.226 e. The molecule has 2 aromatic rings. The van der Waals surface area contributed by atoms with Crippen LogP contribution in [-0.4, -0.2) is 13.4 Å². The summed E-state index contributed by atoms with van der Waals surface area (Å²) in [5.74, 6) is 0. The molecule has 0 radical (unpaired) electrons. The lowest BCUT2D eigenvalue weighted by Gasteiger charge is -2.12. The minimum atomic E-state index is -0.135. The predicted octanol–water partition coefficient (Wildman–Crippen LogP) is 2.26. The number of hydrogen-bond acceptors (Lipinski definition) is 3. The van der Waals surface area contributed by atoms with Crippen molar-refractivity contribution >= 4 is 16.5 Å². The summed E-state index contributed by atoms with van der Waals surface area (Å²) in [4.78, 5) is 0. The quantitative estimate of drug-likeness (QED) is 0.824. The molecule has 0 amide bonds. The molecular weight excluding hydrogens is 212 g/mol. The summed E-state index contributed by atoms with van der Waals surface area (Å²) >= 11 is 0. The third-order valence-electron chi connectivity index (χ3n) is 2.95. The average Bonchev–Trinajstić information content (AvgIpc) is 2.87. The van der Waals surface area contributed by atoms with Gasteiger partial charge < -0.3 is 10.1 Å². The Labute approximate surface area is 100 Å². The van der Waals surface area contributed by atoms with Gasteiger partial charge in [0.05, 0.1) is 5.70 Å². The summed E-state index contributed by atoms with van der Waals surface area (Å²) in [6, 6.07) is 14.6. The summed E-state index contributed by atoms with van der Waals surface area (Å²) in [5, 5.41) is 8.77. The van der Waals surface area contributed by atoms with Crippen LogP contribution >= 0.6 is 0 Å². The van der Waals surface area contributed by atoms with E-state index in [-0.39, 0.29) is 6.35 Å². The third-order valence-corrected chi connectivity index (χ3v) is 2.95. The first-order valence-electron chi connectivity index (χ1n) is 5.66. The Morgan fingerprint density at radius 2 is 1.94 bits per heavy atom. The van der Waals surface area contributed by atoms with Crippen molar-refractivity contribution in [2.75, 3.05) is 7.05 Å². The zero-order chi connectivity index (χ0) is 11.7. The van der Waals surface area contributed by atoms with Gasteiger partial charge in [-0.2, -0.15) is 0 Å². The van der Waals surface area contributed by atoms with Crippen LogP contribution in [0.5, 0.6) is 0 Å². The van der Waals surface area contributed by atoms with E-state index in [4.69, 9.17) is 4.74 Å². The van der Waals surface area contributed by atoms with Gasteiger partial charge in [-0.3, -0.25) is 5.32 Å². The van der Waals surface area contributed by atoms with E-state index in [2.05, 4.69) is 53.1 Å². The van der Waals surface area contributed by atoms with Gasteiger partial charge >= 0.3 is 0 Å². The largest absolute Gasteiger partial charge is 0.463 e. The lowest BCUT2D eigenvalue weighted by molar-refractivity contribution is 0.127. The van der Waals surface area contributed by atoms with Crippen LogP contribution in [0.4, 0.5) is 0 Å². The minimum absolute atomic E-state index is 0.135. The molecular formula is C14H14N2O. The van der Waals surface area contributed by atoms with E-state index < -0.39 is 0 Å². The van der Waals surface area contributed by atoms with Crippen molar-refractivity contribution in [1.29, 1.82) is 0 Å². The van der Waals surface area contributed by atoms with Crippen LogP contribution in [0.2, 0.25) is 0 Å². The molecule has 0 saturated heterocycles. The molecule has 0 bridgehead atoms. The van der Waals surface area contributed by atoms with Crippen LogP contribution in [0.15, 0.2) is 48.7 Å². The third kappa shape index (κ3) is 1.74. The highest BCUT2D eigenvalue weighted by molar-refractivity contribution is 5.93. The molecule has 1 aliphatic heterocycles. The SMILES string of the molecule is CNC1NC(c2cccc3ccccc23)=CO1. The van der Waals surface area contributed by atoms with Crippen LogP contribution in [0.3, 0.4) is 0 Å². The minimum Gasteiger partial charge on any atom is -0.463 e. The van der Waals surface area contributed by atoms with Gasteiger partial charge in [-0.05, 0) is 17.8 Å². The normalized spacial score (nSPS) is 18.6. The zero-order valence-electron chi connectivity index (χ0n) is 9.60. The first kappa shape index (κ1) is 10.2. The summed E-state index contributed by atoms with van der Waals surface area (Å²) in [5.41, 5.74) is 2.18. The molecule has 1 unspecified atom stereocenters. The zero-order valence-corrected chi connectivity index (χ0v) is 9.60. The molecule has 1 aliphatic rings. The monoisotopic (exact) mass is 226 g/mol. The number of fused-ring (bicyclic) bond motifs is 1. The molecule has 0 saturated carbocycles.